The molecule has 18 heavy (non-hydrogen) atoms. The molecule has 2 aromatic rings. The topological polar surface area (TPSA) is 12.0 Å². The Hall–Kier alpha value is -1.83. The molecule has 0 amide bonds. The predicted octanol–water partition coefficient (Wildman–Crippen LogP) is 4.73. The van der Waals surface area contributed by atoms with Gasteiger partial charge in [-0.2, -0.15) is 0 Å². The average molecular weight is 242 g/mol. The molecule has 93 valence electrons. The number of hydrogen-bond acceptors (Lipinski definition) is 1. The van der Waals surface area contributed by atoms with Gasteiger partial charge in [-0.1, -0.05) is 38.1 Å². The van der Waals surface area contributed by atoms with Gasteiger partial charge < -0.3 is 5.32 Å². The van der Waals surface area contributed by atoms with E-state index in [4.69, 9.17) is 0 Å². The summed E-state index contributed by atoms with van der Waals surface area (Å²) in [6.07, 6.45) is 0.879. The second-order valence-electron chi connectivity index (χ2n) is 4.69. The molecule has 2 aromatic carbocycles. The number of benzene rings is 2. The average Bonchev–Trinajstić information content (AvgIpc) is 2.34. The van der Waals surface area contributed by atoms with Gasteiger partial charge in [0.25, 0.3) is 0 Å². The third-order valence-electron chi connectivity index (χ3n) is 2.64. The van der Waals surface area contributed by atoms with Gasteiger partial charge in [0.2, 0.25) is 0 Å². The van der Waals surface area contributed by atoms with Crippen LogP contribution >= 0.6 is 0 Å². The second-order valence-corrected chi connectivity index (χ2v) is 4.69. The summed E-state index contributed by atoms with van der Waals surface area (Å²) in [6.45, 7) is 4.15. The van der Waals surface area contributed by atoms with E-state index in [1.54, 1.807) is 0 Å². The van der Waals surface area contributed by atoms with E-state index in [1.807, 2.05) is 42.5 Å². The van der Waals surface area contributed by atoms with Crippen molar-refractivity contribution in [1.82, 2.24) is 0 Å². The van der Waals surface area contributed by atoms with Crippen molar-refractivity contribution in [1.29, 1.82) is 0 Å². The van der Waals surface area contributed by atoms with Gasteiger partial charge in [-0.3, -0.25) is 0 Å². The Kier molecular flexibility index (Phi) is 3.98. The number of hydrogen-bond donors (Lipinski definition) is 1. The highest BCUT2D eigenvalue weighted by molar-refractivity contribution is 5.60. The van der Waals surface area contributed by atoms with Crippen LogP contribution in [0, 0.1) is 11.7 Å². The fourth-order valence-corrected chi connectivity index (χ4v) is 1.86. The first-order chi connectivity index (χ1) is 8.65. The molecule has 1 radical (unpaired) electrons. The number of halogens is 1. The molecule has 0 saturated carbocycles. The lowest BCUT2D eigenvalue weighted by atomic mass is 10.0. The summed E-state index contributed by atoms with van der Waals surface area (Å²) in [5.74, 6) is 1.09. The van der Waals surface area contributed by atoms with Gasteiger partial charge in [0, 0.05) is 5.69 Å². The molecule has 2 rings (SSSR count). The maximum absolute atomic E-state index is 13.7. The Labute approximate surface area is 108 Å². The predicted molar refractivity (Wildman–Crippen MR) is 74.4 cm³/mol. The van der Waals surface area contributed by atoms with Gasteiger partial charge in [0.1, 0.15) is 5.82 Å². The van der Waals surface area contributed by atoms with Crippen LogP contribution in [0.5, 0.6) is 0 Å². The normalized spacial score (nSPS) is 10.7. The van der Waals surface area contributed by atoms with Crippen LogP contribution in [0.1, 0.15) is 19.4 Å². The van der Waals surface area contributed by atoms with Crippen molar-refractivity contribution in [2.45, 2.75) is 20.3 Å². The monoisotopic (exact) mass is 242 g/mol. The fraction of sp³-hybridized carbons (Fsp3) is 0.188. The van der Waals surface area contributed by atoms with E-state index in [0.29, 0.717) is 5.69 Å². The van der Waals surface area contributed by atoms with Crippen molar-refractivity contribution < 1.29 is 4.39 Å². The molecule has 0 unspecified atom stereocenters. The Morgan fingerprint density at radius 2 is 1.78 bits per heavy atom. The van der Waals surface area contributed by atoms with Gasteiger partial charge >= 0.3 is 0 Å². The third-order valence-corrected chi connectivity index (χ3v) is 2.64. The third kappa shape index (κ3) is 3.33. The quantitative estimate of drug-likeness (QED) is 0.817. The molecule has 2 heteroatoms. The largest absolute Gasteiger partial charge is 0.353 e. The van der Waals surface area contributed by atoms with E-state index in [9.17, 15) is 4.39 Å². The van der Waals surface area contributed by atoms with E-state index in [-0.39, 0.29) is 5.82 Å². The highest BCUT2D eigenvalue weighted by Gasteiger charge is 2.05. The van der Waals surface area contributed by atoms with E-state index in [1.165, 1.54) is 12.0 Å². The summed E-state index contributed by atoms with van der Waals surface area (Å²) >= 11 is 0. The van der Waals surface area contributed by atoms with Crippen LogP contribution in [0.25, 0.3) is 0 Å². The van der Waals surface area contributed by atoms with Gasteiger partial charge in [0.15, 0.2) is 0 Å². The summed E-state index contributed by atoms with van der Waals surface area (Å²) in [4.78, 5) is 0. The maximum Gasteiger partial charge on any atom is 0.146 e. The molecule has 0 aliphatic carbocycles. The van der Waals surface area contributed by atoms with Crippen molar-refractivity contribution in [2.24, 2.45) is 0 Å². The van der Waals surface area contributed by atoms with Crippen LogP contribution in [-0.4, -0.2) is 0 Å². The molecule has 1 nitrogen and oxygen atoms in total. The Morgan fingerprint density at radius 3 is 2.44 bits per heavy atom. The molecule has 0 spiro atoms. The molecule has 0 heterocycles. The van der Waals surface area contributed by atoms with E-state index >= 15 is 0 Å². The van der Waals surface area contributed by atoms with Crippen molar-refractivity contribution >= 4 is 11.4 Å². The molecular formula is C16H17FN. The minimum Gasteiger partial charge on any atom is -0.353 e. The number of nitrogens with one attached hydrogen (secondary N) is 1. The first-order valence-electron chi connectivity index (χ1n) is 6.04. The second kappa shape index (κ2) is 5.67. The lowest BCUT2D eigenvalue weighted by Gasteiger charge is -2.10. The Bertz CT molecular complexity index is 506. The first kappa shape index (κ1) is 12.6. The molecule has 0 bridgehead atoms. The van der Waals surface area contributed by atoms with Crippen LogP contribution < -0.4 is 5.32 Å². The van der Waals surface area contributed by atoms with Crippen molar-refractivity contribution in [2.75, 3.05) is 5.32 Å². The Morgan fingerprint density at radius 1 is 1.06 bits per heavy atom. The molecule has 0 aromatic heterocycles. The zero-order valence-corrected chi connectivity index (χ0v) is 10.7. The molecule has 0 atom stereocenters. The van der Waals surface area contributed by atoms with Crippen molar-refractivity contribution in [3.63, 3.8) is 0 Å². The van der Waals surface area contributed by atoms with Crippen LogP contribution in [0.4, 0.5) is 15.8 Å². The summed E-state index contributed by atoms with van der Waals surface area (Å²) in [5, 5.41) is 3.10. The van der Waals surface area contributed by atoms with E-state index in [0.717, 1.165) is 17.7 Å². The summed E-state index contributed by atoms with van der Waals surface area (Å²) in [5.41, 5.74) is 2.54. The zero-order chi connectivity index (χ0) is 13.0. The van der Waals surface area contributed by atoms with Crippen LogP contribution in [-0.2, 0) is 6.42 Å². The minimum atomic E-state index is -0.226. The van der Waals surface area contributed by atoms with Gasteiger partial charge in [0.05, 0.1) is 5.69 Å². The highest BCUT2D eigenvalue weighted by Crippen LogP contribution is 2.22. The summed E-state index contributed by atoms with van der Waals surface area (Å²) in [6, 6.07) is 14.8. The molecule has 1 N–H and O–H groups in total. The van der Waals surface area contributed by atoms with Crippen molar-refractivity contribution in [3.8, 4) is 0 Å². The Balaban J connectivity index is 2.21. The van der Waals surface area contributed by atoms with E-state index in [2.05, 4.69) is 19.2 Å². The molecular weight excluding hydrogens is 225 g/mol. The molecule has 0 saturated heterocycles. The van der Waals surface area contributed by atoms with Crippen LogP contribution in [0.2, 0.25) is 0 Å². The zero-order valence-electron chi connectivity index (χ0n) is 10.7. The SMILES string of the molecule is C[C](C)Cc1ccc(F)c(Nc2ccccc2)c1. The molecule has 0 aliphatic rings. The standard InChI is InChI=1S/C16H17FN/c1-12(2)10-13-8-9-15(17)16(11-13)18-14-6-4-3-5-7-14/h3-9,11,18H,10H2,1-2H3. The van der Waals surface area contributed by atoms with Gasteiger partial charge in [-0.15, -0.1) is 0 Å². The highest BCUT2D eigenvalue weighted by atomic mass is 19.1. The molecule has 0 aliphatic heterocycles. The first-order valence-corrected chi connectivity index (χ1v) is 6.04. The van der Waals surface area contributed by atoms with Gasteiger partial charge in [-0.05, 0) is 42.2 Å². The lowest BCUT2D eigenvalue weighted by Crippen LogP contribution is -1.97. The summed E-state index contributed by atoms with van der Waals surface area (Å²) in [7, 11) is 0. The molecule has 0 fully saturated rings. The van der Waals surface area contributed by atoms with Crippen LogP contribution in [0.15, 0.2) is 48.5 Å². The maximum atomic E-state index is 13.7. The number of rotatable bonds is 4. The minimum absolute atomic E-state index is 0.226. The summed E-state index contributed by atoms with van der Waals surface area (Å²) < 4.78 is 13.7. The van der Waals surface area contributed by atoms with E-state index < -0.39 is 0 Å². The van der Waals surface area contributed by atoms with Gasteiger partial charge in [-0.25, -0.2) is 4.39 Å². The van der Waals surface area contributed by atoms with Crippen molar-refractivity contribution in [3.05, 3.63) is 65.8 Å². The fourth-order valence-electron chi connectivity index (χ4n) is 1.86. The number of para-hydroxylation sites is 1. The lowest BCUT2D eigenvalue weighted by molar-refractivity contribution is 0.631. The smallest absolute Gasteiger partial charge is 0.146 e. The number of anilines is 2. The van der Waals surface area contributed by atoms with Crippen LogP contribution in [0.3, 0.4) is 0 Å².